The molecule has 0 aliphatic carbocycles. The SMILES string of the molecule is CC[C@@H](NS(=O)(=O)Cc1ccc(C(=O)OC)cc1)c1ccccc1. The molecule has 6 heteroatoms. The van der Waals surface area contributed by atoms with Crippen molar-refractivity contribution in [3.8, 4) is 0 Å². The second-order valence-electron chi connectivity index (χ2n) is 5.44. The van der Waals surface area contributed by atoms with E-state index in [0.29, 0.717) is 17.5 Å². The van der Waals surface area contributed by atoms with Crippen LogP contribution in [-0.4, -0.2) is 21.5 Å². The summed E-state index contributed by atoms with van der Waals surface area (Å²) >= 11 is 0. The van der Waals surface area contributed by atoms with Crippen molar-refractivity contribution in [2.45, 2.75) is 25.1 Å². The molecule has 0 aliphatic heterocycles. The Labute approximate surface area is 142 Å². The van der Waals surface area contributed by atoms with Gasteiger partial charge in [-0.25, -0.2) is 17.9 Å². The maximum Gasteiger partial charge on any atom is 0.337 e. The van der Waals surface area contributed by atoms with Crippen LogP contribution in [0.2, 0.25) is 0 Å². The summed E-state index contributed by atoms with van der Waals surface area (Å²) in [5.74, 6) is -0.588. The molecule has 0 aliphatic rings. The third-order valence-corrected chi connectivity index (χ3v) is 5.02. The van der Waals surface area contributed by atoms with Gasteiger partial charge < -0.3 is 4.74 Å². The van der Waals surface area contributed by atoms with Crippen LogP contribution in [-0.2, 0) is 20.5 Å². The first-order valence-electron chi connectivity index (χ1n) is 7.67. The van der Waals surface area contributed by atoms with Crippen LogP contribution in [0.1, 0.15) is 40.9 Å². The molecule has 0 bridgehead atoms. The molecule has 2 rings (SSSR count). The number of rotatable bonds is 7. The monoisotopic (exact) mass is 347 g/mol. The van der Waals surface area contributed by atoms with Gasteiger partial charge in [0.05, 0.1) is 18.4 Å². The van der Waals surface area contributed by atoms with E-state index >= 15 is 0 Å². The van der Waals surface area contributed by atoms with Crippen molar-refractivity contribution in [1.29, 1.82) is 0 Å². The van der Waals surface area contributed by atoms with E-state index in [4.69, 9.17) is 0 Å². The van der Waals surface area contributed by atoms with Gasteiger partial charge in [0.1, 0.15) is 0 Å². The number of hydrogen-bond donors (Lipinski definition) is 1. The van der Waals surface area contributed by atoms with Gasteiger partial charge in [-0.05, 0) is 29.7 Å². The summed E-state index contributed by atoms with van der Waals surface area (Å²) in [5, 5.41) is 0. The van der Waals surface area contributed by atoms with E-state index in [1.807, 2.05) is 37.3 Å². The minimum Gasteiger partial charge on any atom is -0.465 e. The Bertz CT molecular complexity index is 770. The summed E-state index contributed by atoms with van der Waals surface area (Å²) in [5.41, 5.74) is 1.94. The number of carbonyl (C=O) groups is 1. The maximum absolute atomic E-state index is 12.4. The summed E-state index contributed by atoms with van der Waals surface area (Å²) in [4.78, 5) is 11.4. The van der Waals surface area contributed by atoms with Gasteiger partial charge in [-0.2, -0.15) is 0 Å². The van der Waals surface area contributed by atoms with Crippen molar-refractivity contribution in [3.05, 3.63) is 71.3 Å². The lowest BCUT2D eigenvalue weighted by atomic mass is 10.1. The predicted molar refractivity (Wildman–Crippen MR) is 93.0 cm³/mol. The molecule has 0 saturated heterocycles. The van der Waals surface area contributed by atoms with Crippen molar-refractivity contribution in [2.24, 2.45) is 0 Å². The second-order valence-corrected chi connectivity index (χ2v) is 7.19. The zero-order valence-electron chi connectivity index (χ0n) is 13.7. The standard InChI is InChI=1S/C18H21NO4S/c1-3-17(15-7-5-4-6-8-15)19-24(21,22)13-14-9-11-16(12-10-14)18(20)23-2/h4-12,17,19H,3,13H2,1-2H3/t17-/m1/s1. The summed E-state index contributed by atoms with van der Waals surface area (Å²) < 4.78 is 32.2. The molecule has 2 aromatic carbocycles. The summed E-state index contributed by atoms with van der Waals surface area (Å²) in [6.07, 6.45) is 0.657. The minimum atomic E-state index is -3.50. The lowest BCUT2D eigenvalue weighted by Crippen LogP contribution is -2.29. The van der Waals surface area contributed by atoms with Crippen LogP contribution in [0.3, 0.4) is 0 Å². The first-order chi connectivity index (χ1) is 11.4. The molecule has 0 fully saturated rings. The molecular formula is C18H21NO4S. The van der Waals surface area contributed by atoms with Gasteiger partial charge in [0.25, 0.3) is 0 Å². The van der Waals surface area contributed by atoms with Gasteiger partial charge in [-0.1, -0.05) is 49.4 Å². The molecule has 24 heavy (non-hydrogen) atoms. The molecule has 1 atom stereocenters. The highest BCUT2D eigenvalue weighted by Gasteiger charge is 2.18. The predicted octanol–water partition coefficient (Wildman–Crippen LogP) is 3.04. The normalized spacial score (nSPS) is 12.6. The van der Waals surface area contributed by atoms with Crippen LogP contribution in [0, 0.1) is 0 Å². The zero-order chi connectivity index (χ0) is 17.6. The van der Waals surface area contributed by atoms with Crippen molar-refractivity contribution in [1.82, 2.24) is 4.72 Å². The largest absolute Gasteiger partial charge is 0.465 e. The highest BCUT2D eigenvalue weighted by molar-refractivity contribution is 7.88. The van der Waals surface area contributed by atoms with Crippen LogP contribution in [0.15, 0.2) is 54.6 Å². The van der Waals surface area contributed by atoms with E-state index in [1.54, 1.807) is 24.3 Å². The third-order valence-electron chi connectivity index (χ3n) is 3.66. The first-order valence-corrected chi connectivity index (χ1v) is 9.32. The van der Waals surface area contributed by atoms with E-state index in [9.17, 15) is 13.2 Å². The number of sulfonamides is 1. The Kier molecular flexibility index (Phi) is 6.11. The molecule has 128 valence electrons. The van der Waals surface area contributed by atoms with E-state index in [1.165, 1.54) is 7.11 Å². The Morgan fingerprint density at radius 1 is 1.08 bits per heavy atom. The van der Waals surface area contributed by atoms with E-state index in [0.717, 1.165) is 5.56 Å². The number of nitrogens with one attached hydrogen (secondary N) is 1. The number of benzene rings is 2. The van der Waals surface area contributed by atoms with Gasteiger partial charge in [0.15, 0.2) is 0 Å². The van der Waals surface area contributed by atoms with Gasteiger partial charge in [0.2, 0.25) is 10.0 Å². The molecule has 1 N–H and O–H groups in total. The van der Waals surface area contributed by atoms with Crippen molar-refractivity contribution in [3.63, 3.8) is 0 Å². The van der Waals surface area contributed by atoms with E-state index in [-0.39, 0.29) is 11.8 Å². The fourth-order valence-electron chi connectivity index (χ4n) is 2.41. The smallest absolute Gasteiger partial charge is 0.337 e. The molecule has 0 amide bonds. The lowest BCUT2D eigenvalue weighted by Gasteiger charge is -2.17. The fraction of sp³-hybridized carbons (Fsp3) is 0.278. The second kappa shape index (κ2) is 8.08. The Balaban J connectivity index is 2.09. The topological polar surface area (TPSA) is 72.5 Å². The first kappa shape index (κ1) is 18.2. The molecule has 5 nitrogen and oxygen atoms in total. The third kappa shape index (κ3) is 4.91. The molecule has 0 aromatic heterocycles. The number of carbonyl (C=O) groups excluding carboxylic acids is 1. The summed E-state index contributed by atoms with van der Waals surface area (Å²) in [6.45, 7) is 1.94. The van der Waals surface area contributed by atoms with Gasteiger partial charge >= 0.3 is 5.97 Å². The minimum absolute atomic E-state index is 0.141. The van der Waals surface area contributed by atoms with Crippen molar-refractivity contribution in [2.75, 3.05) is 7.11 Å². The quantitative estimate of drug-likeness (QED) is 0.782. The molecule has 0 radical (unpaired) electrons. The summed E-state index contributed by atoms with van der Waals surface area (Å²) in [7, 11) is -2.19. The molecule has 0 saturated carbocycles. The van der Waals surface area contributed by atoms with Crippen LogP contribution < -0.4 is 4.72 Å². The molecular weight excluding hydrogens is 326 g/mol. The number of ether oxygens (including phenoxy) is 1. The Hall–Kier alpha value is -2.18. The van der Waals surface area contributed by atoms with Crippen molar-refractivity contribution < 1.29 is 17.9 Å². The number of methoxy groups -OCH3 is 1. The summed E-state index contributed by atoms with van der Waals surface area (Å²) in [6, 6.07) is 15.6. The van der Waals surface area contributed by atoms with E-state index in [2.05, 4.69) is 9.46 Å². The van der Waals surface area contributed by atoms with Gasteiger partial charge in [-0.15, -0.1) is 0 Å². The fourth-order valence-corrected chi connectivity index (χ4v) is 3.86. The molecule has 2 aromatic rings. The molecule has 0 unspecified atom stereocenters. The Morgan fingerprint density at radius 2 is 1.71 bits per heavy atom. The van der Waals surface area contributed by atoms with Crippen LogP contribution in [0.5, 0.6) is 0 Å². The molecule has 0 spiro atoms. The average molecular weight is 347 g/mol. The van der Waals surface area contributed by atoms with Crippen LogP contribution >= 0.6 is 0 Å². The number of esters is 1. The lowest BCUT2D eigenvalue weighted by molar-refractivity contribution is 0.0600. The zero-order valence-corrected chi connectivity index (χ0v) is 14.5. The van der Waals surface area contributed by atoms with Crippen LogP contribution in [0.25, 0.3) is 0 Å². The number of hydrogen-bond acceptors (Lipinski definition) is 4. The van der Waals surface area contributed by atoms with Gasteiger partial charge in [-0.3, -0.25) is 0 Å². The maximum atomic E-state index is 12.4. The van der Waals surface area contributed by atoms with E-state index < -0.39 is 16.0 Å². The van der Waals surface area contributed by atoms with Crippen LogP contribution in [0.4, 0.5) is 0 Å². The highest BCUT2D eigenvalue weighted by atomic mass is 32.2. The Morgan fingerprint density at radius 3 is 2.25 bits per heavy atom. The van der Waals surface area contributed by atoms with Crippen molar-refractivity contribution >= 4 is 16.0 Å². The molecule has 0 heterocycles. The average Bonchev–Trinajstić information content (AvgIpc) is 2.60. The highest BCUT2D eigenvalue weighted by Crippen LogP contribution is 2.18. The van der Waals surface area contributed by atoms with Gasteiger partial charge in [0, 0.05) is 6.04 Å².